The number of aromatic nitrogens is 1. The third-order valence-corrected chi connectivity index (χ3v) is 6.90. The quantitative estimate of drug-likeness (QED) is 0.725. The summed E-state index contributed by atoms with van der Waals surface area (Å²) in [5.41, 5.74) is 2.99. The molecule has 31 heavy (non-hydrogen) atoms. The number of rotatable bonds is 2. The molecule has 0 unspecified atom stereocenters. The van der Waals surface area contributed by atoms with Crippen LogP contribution in [0.2, 0.25) is 0 Å². The SMILES string of the molecule is Cc1cc(C)c(C2=C(O)[C@@H]3[C@@H]4O[C@@H](C[C@H]4c4ncccc4C(F)(F)F)[C@@H]3C2=O)c(C)c1. The van der Waals surface area contributed by atoms with E-state index in [0.29, 0.717) is 11.1 Å². The Morgan fingerprint density at radius 1 is 1.13 bits per heavy atom. The molecule has 162 valence electrons. The van der Waals surface area contributed by atoms with Crippen molar-refractivity contribution in [3.05, 3.63) is 69.7 Å². The van der Waals surface area contributed by atoms with Gasteiger partial charge < -0.3 is 9.84 Å². The standard InChI is InChI=1S/C24H22F3NO3/c1-10-7-11(2)16(12(3)8-10)18-21(29)17-15-9-13(23(31-15)19(17)22(18)30)20-14(24(25,26)27)5-4-6-28-20/h4-8,13,15,17,19,23,30H,9H2,1-3H3/t13-,15-,17-,19+,23+/m0/s1. The van der Waals surface area contributed by atoms with Gasteiger partial charge in [0.05, 0.1) is 40.9 Å². The maximum atomic E-state index is 13.6. The first-order valence-electron chi connectivity index (χ1n) is 10.3. The van der Waals surface area contributed by atoms with Crippen molar-refractivity contribution in [2.75, 3.05) is 0 Å². The van der Waals surface area contributed by atoms with Gasteiger partial charge in [-0.05, 0) is 56.0 Å². The van der Waals surface area contributed by atoms with Gasteiger partial charge in [0.15, 0.2) is 5.78 Å². The van der Waals surface area contributed by atoms with Crippen LogP contribution in [-0.2, 0) is 15.7 Å². The Morgan fingerprint density at radius 3 is 2.45 bits per heavy atom. The molecule has 5 rings (SSSR count). The van der Waals surface area contributed by atoms with Crippen LogP contribution >= 0.6 is 0 Å². The number of alkyl halides is 3. The Labute approximate surface area is 177 Å². The first-order valence-corrected chi connectivity index (χ1v) is 10.3. The highest BCUT2D eigenvalue weighted by Gasteiger charge is 2.63. The molecule has 1 aromatic carbocycles. The molecule has 1 aromatic heterocycles. The first kappa shape index (κ1) is 20.2. The van der Waals surface area contributed by atoms with E-state index in [0.717, 1.165) is 22.8 Å². The number of fused-ring (bicyclic) bond motifs is 5. The molecule has 2 saturated heterocycles. The lowest BCUT2D eigenvalue weighted by Crippen LogP contribution is -2.34. The molecule has 2 aliphatic heterocycles. The van der Waals surface area contributed by atoms with Crippen molar-refractivity contribution in [2.45, 2.75) is 51.5 Å². The summed E-state index contributed by atoms with van der Waals surface area (Å²) in [4.78, 5) is 17.4. The van der Waals surface area contributed by atoms with Crippen molar-refractivity contribution in [3.63, 3.8) is 0 Å². The lowest BCUT2D eigenvalue weighted by Gasteiger charge is -2.28. The van der Waals surface area contributed by atoms with Crippen LogP contribution < -0.4 is 0 Å². The van der Waals surface area contributed by atoms with Crippen LogP contribution in [0.1, 0.15) is 45.8 Å². The maximum absolute atomic E-state index is 13.6. The van der Waals surface area contributed by atoms with Gasteiger partial charge in [-0.2, -0.15) is 13.2 Å². The molecule has 2 fully saturated rings. The number of carbonyl (C=O) groups excluding carboxylic acids is 1. The zero-order chi connectivity index (χ0) is 22.2. The molecule has 0 spiro atoms. The summed E-state index contributed by atoms with van der Waals surface area (Å²) < 4.78 is 46.6. The number of ether oxygens (including phenoxy) is 1. The van der Waals surface area contributed by atoms with E-state index in [1.54, 1.807) is 0 Å². The Kier molecular flexibility index (Phi) is 4.35. The van der Waals surface area contributed by atoms with Crippen LogP contribution in [0.4, 0.5) is 13.2 Å². The molecular weight excluding hydrogens is 407 g/mol. The van der Waals surface area contributed by atoms with E-state index in [4.69, 9.17) is 4.74 Å². The fourth-order valence-electron chi connectivity index (χ4n) is 5.90. The molecule has 0 radical (unpaired) electrons. The Hall–Kier alpha value is -2.67. The second-order valence-electron chi connectivity index (χ2n) is 8.87. The first-order chi connectivity index (χ1) is 14.6. The summed E-state index contributed by atoms with van der Waals surface area (Å²) in [5.74, 6) is -2.07. The smallest absolute Gasteiger partial charge is 0.418 e. The summed E-state index contributed by atoms with van der Waals surface area (Å²) in [6.45, 7) is 5.76. The molecule has 4 nitrogen and oxygen atoms in total. The molecule has 2 bridgehead atoms. The minimum Gasteiger partial charge on any atom is -0.511 e. The van der Waals surface area contributed by atoms with E-state index in [1.807, 2.05) is 32.9 Å². The zero-order valence-corrected chi connectivity index (χ0v) is 17.3. The molecule has 2 aromatic rings. The molecule has 1 aliphatic carbocycles. The Balaban J connectivity index is 1.58. The summed E-state index contributed by atoms with van der Waals surface area (Å²) in [5, 5.41) is 11.2. The number of carbonyl (C=O) groups is 1. The number of hydrogen-bond donors (Lipinski definition) is 1. The van der Waals surface area contributed by atoms with Gasteiger partial charge in [-0.15, -0.1) is 0 Å². The van der Waals surface area contributed by atoms with Gasteiger partial charge in [0.25, 0.3) is 0 Å². The van der Waals surface area contributed by atoms with E-state index >= 15 is 0 Å². The number of aliphatic hydroxyl groups excluding tert-OH is 1. The van der Waals surface area contributed by atoms with Gasteiger partial charge in [0.2, 0.25) is 0 Å². The van der Waals surface area contributed by atoms with Crippen molar-refractivity contribution < 1.29 is 27.8 Å². The van der Waals surface area contributed by atoms with Crippen molar-refractivity contribution in [2.24, 2.45) is 11.8 Å². The normalized spacial score (nSPS) is 29.7. The number of ketones is 1. The van der Waals surface area contributed by atoms with Crippen molar-refractivity contribution >= 4 is 11.4 Å². The number of hydrogen-bond acceptors (Lipinski definition) is 4. The second-order valence-corrected chi connectivity index (χ2v) is 8.87. The number of aryl methyl sites for hydroxylation is 3. The number of benzene rings is 1. The van der Waals surface area contributed by atoms with Crippen molar-refractivity contribution in [3.8, 4) is 0 Å². The largest absolute Gasteiger partial charge is 0.511 e. The lowest BCUT2D eigenvalue weighted by atomic mass is 9.73. The van der Waals surface area contributed by atoms with Crippen LogP contribution in [0.15, 0.2) is 36.2 Å². The highest BCUT2D eigenvalue weighted by molar-refractivity contribution is 6.26. The highest BCUT2D eigenvalue weighted by atomic mass is 19.4. The molecule has 1 N–H and O–H groups in total. The fraction of sp³-hybridized carbons (Fsp3) is 0.417. The van der Waals surface area contributed by atoms with Crippen LogP contribution in [0.5, 0.6) is 0 Å². The topological polar surface area (TPSA) is 59.4 Å². The van der Waals surface area contributed by atoms with E-state index in [1.165, 1.54) is 12.3 Å². The molecule has 0 saturated carbocycles. The summed E-state index contributed by atoms with van der Waals surface area (Å²) in [6, 6.07) is 6.20. The molecule has 7 heteroatoms. The highest BCUT2D eigenvalue weighted by Crippen LogP contribution is 2.58. The average Bonchev–Trinajstić information content (AvgIpc) is 3.34. The minimum atomic E-state index is -4.53. The number of allylic oxidation sites excluding steroid dienone is 1. The van der Waals surface area contributed by atoms with Gasteiger partial charge in [-0.1, -0.05) is 17.7 Å². The van der Waals surface area contributed by atoms with E-state index in [-0.39, 0.29) is 23.7 Å². The molecular formula is C24H22F3NO3. The fourth-order valence-corrected chi connectivity index (χ4v) is 5.90. The summed E-state index contributed by atoms with van der Waals surface area (Å²) in [6.07, 6.45) is -4.15. The van der Waals surface area contributed by atoms with Crippen molar-refractivity contribution in [1.29, 1.82) is 0 Å². The zero-order valence-electron chi connectivity index (χ0n) is 17.3. The number of nitrogens with zero attached hydrogens (tertiary/aromatic N) is 1. The number of Topliss-reactive ketones (excluding diaryl/α,β-unsaturated/α-hetero) is 1. The Morgan fingerprint density at radius 2 is 1.81 bits per heavy atom. The van der Waals surface area contributed by atoms with E-state index in [9.17, 15) is 23.1 Å². The van der Waals surface area contributed by atoms with Crippen LogP contribution in [-0.4, -0.2) is 28.1 Å². The Bertz CT molecular complexity index is 1110. The lowest BCUT2D eigenvalue weighted by molar-refractivity contribution is -0.139. The van der Waals surface area contributed by atoms with E-state index in [2.05, 4.69) is 4.98 Å². The van der Waals surface area contributed by atoms with E-state index < -0.39 is 41.7 Å². The average molecular weight is 429 g/mol. The molecule has 0 amide bonds. The summed E-state index contributed by atoms with van der Waals surface area (Å²) in [7, 11) is 0. The van der Waals surface area contributed by atoms with Gasteiger partial charge in [-0.3, -0.25) is 9.78 Å². The van der Waals surface area contributed by atoms with Gasteiger partial charge in [0, 0.05) is 12.1 Å². The predicted octanol–water partition coefficient (Wildman–Crippen LogP) is 5.06. The van der Waals surface area contributed by atoms with Gasteiger partial charge >= 0.3 is 6.18 Å². The third-order valence-electron chi connectivity index (χ3n) is 6.90. The van der Waals surface area contributed by atoms with Gasteiger partial charge in [0.1, 0.15) is 5.76 Å². The predicted molar refractivity (Wildman–Crippen MR) is 107 cm³/mol. The monoisotopic (exact) mass is 429 g/mol. The molecule has 3 aliphatic rings. The van der Waals surface area contributed by atoms with Gasteiger partial charge in [-0.25, -0.2) is 0 Å². The second kappa shape index (κ2) is 6.66. The minimum absolute atomic E-state index is 0.0632. The number of pyridine rings is 1. The number of aliphatic hydroxyl groups is 1. The van der Waals surface area contributed by atoms with Crippen molar-refractivity contribution in [1.82, 2.24) is 4.98 Å². The summed E-state index contributed by atoms with van der Waals surface area (Å²) >= 11 is 0. The maximum Gasteiger partial charge on any atom is 0.418 e. The van der Waals surface area contributed by atoms with Crippen LogP contribution in [0.25, 0.3) is 5.57 Å². The van der Waals surface area contributed by atoms with Crippen LogP contribution in [0, 0.1) is 32.6 Å². The number of halogens is 3. The van der Waals surface area contributed by atoms with Crippen LogP contribution in [0.3, 0.4) is 0 Å². The molecule has 5 atom stereocenters. The third kappa shape index (κ3) is 2.86. The molecule has 3 heterocycles.